The Morgan fingerprint density at radius 1 is 1.23 bits per heavy atom. The molecule has 120 valence electrons. The molecule has 0 radical (unpaired) electrons. The fourth-order valence-corrected chi connectivity index (χ4v) is 2.18. The summed E-state index contributed by atoms with van der Waals surface area (Å²) >= 11 is 0. The van der Waals surface area contributed by atoms with Gasteiger partial charge in [0.05, 0.1) is 4.92 Å². The van der Waals surface area contributed by atoms with E-state index in [0.717, 1.165) is 24.9 Å². The second kappa shape index (κ2) is 9.15. The number of rotatable bonds is 8. The summed E-state index contributed by atoms with van der Waals surface area (Å²) in [6, 6.07) is 6.93. The van der Waals surface area contributed by atoms with Crippen LogP contribution in [0.2, 0.25) is 0 Å². The summed E-state index contributed by atoms with van der Waals surface area (Å²) in [5, 5.41) is 11.0. The highest BCUT2D eigenvalue weighted by atomic mass is 16.6. The van der Waals surface area contributed by atoms with Crippen LogP contribution in [0.15, 0.2) is 47.6 Å². The lowest BCUT2D eigenvalue weighted by Crippen LogP contribution is -2.18. The van der Waals surface area contributed by atoms with Gasteiger partial charge in [0.1, 0.15) is 0 Å². The number of benzene rings is 1. The number of hydrogen-bond acceptors (Lipinski definition) is 3. The summed E-state index contributed by atoms with van der Waals surface area (Å²) in [6.45, 7) is 7.73. The van der Waals surface area contributed by atoms with Crippen LogP contribution < -0.4 is 0 Å². The van der Waals surface area contributed by atoms with Crippen molar-refractivity contribution >= 4 is 5.69 Å². The standard InChI is InChI=1S/C18H26N2O2/c1-15(2)8-7-9-16(3)12-13-19(4)14-17-10-5-6-11-18(17)20(21)22/h5-6,8,10-12H,7,9,13-14H2,1-4H3/b16-12+. The van der Waals surface area contributed by atoms with Gasteiger partial charge in [-0.3, -0.25) is 15.0 Å². The lowest BCUT2D eigenvalue weighted by atomic mass is 10.1. The van der Waals surface area contributed by atoms with Gasteiger partial charge in [-0.05, 0) is 40.7 Å². The van der Waals surface area contributed by atoms with Crippen LogP contribution in [0.25, 0.3) is 0 Å². The Labute approximate surface area is 133 Å². The van der Waals surface area contributed by atoms with Gasteiger partial charge in [0.25, 0.3) is 5.69 Å². The van der Waals surface area contributed by atoms with Crippen molar-refractivity contribution in [2.45, 2.75) is 40.2 Å². The number of nitro groups is 1. The summed E-state index contributed by atoms with van der Waals surface area (Å²) in [4.78, 5) is 12.8. The molecule has 0 fully saturated rings. The van der Waals surface area contributed by atoms with Gasteiger partial charge in [-0.15, -0.1) is 0 Å². The highest BCUT2D eigenvalue weighted by Crippen LogP contribution is 2.19. The average molecular weight is 302 g/mol. The molecule has 0 aliphatic heterocycles. The van der Waals surface area contributed by atoms with E-state index in [-0.39, 0.29) is 10.6 Å². The van der Waals surface area contributed by atoms with Gasteiger partial charge in [0.15, 0.2) is 0 Å². The van der Waals surface area contributed by atoms with Crippen molar-refractivity contribution in [1.29, 1.82) is 0 Å². The number of nitro benzene ring substituents is 1. The zero-order valence-electron chi connectivity index (χ0n) is 14.0. The number of para-hydroxylation sites is 1. The highest BCUT2D eigenvalue weighted by Gasteiger charge is 2.13. The lowest BCUT2D eigenvalue weighted by molar-refractivity contribution is -0.385. The summed E-state index contributed by atoms with van der Waals surface area (Å²) in [5.74, 6) is 0. The number of nitrogens with zero attached hydrogens (tertiary/aromatic N) is 2. The molecule has 0 bridgehead atoms. The van der Waals surface area contributed by atoms with Crippen LogP contribution in [0.1, 0.15) is 39.2 Å². The molecular formula is C18H26N2O2. The maximum atomic E-state index is 11.0. The Bertz CT molecular complexity index is 558. The van der Waals surface area contributed by atoms with Crippen LogP contribution in [-0.2, 0) is 6.54 Å². The van der Waals surface area contributed by atoms with Crippen LogP contribution in [-0.4, -0.2) is 23.4 Å². The van der Waals surface area contributed by atoms with E-state index in [1.54, 1.807) is 12.1 Å². The second-order valence-corrected chi connectivity index (χ2v) is 5.95. The van der Waals surface area contributed by atoms with Crippen molar-refractivity contribution in [2.24, 2.45) is 0 Å². The van der Waals surface area contributed by atoms with Crippen molar-refractivity contribution in [1.82, 2.24) is 4.90 Å². The molecule has 0 amide bonds. The molecule has 4 heteroatoms. The van der Waals surface area contributed by atoms with Gasteiger partial charge < -0.3 is 0 Å². The Morgan fingerprint density at radius 2 is 1.91 bits per heavy atom. The maximum Gasteiger partial charge on any atom is 0.273 e. The van der Waals surface area contributed by atoms with Crippen LogP contribution in [0.4, 0.5) is 5.69 Å². The minimum absolute atomic E-state index is 0.193. The third-order valence-electron chi connectivity index (χ3n) is 3.47. The third kappa shape index (κ3) is 6.68. The molecule has 1 aromatic rings. The summed E-state index contributed by atoms with van der Waals surface area (Å²) in [6.07, 6.45) is 6.57. The van der Waals surface area contributed by atoms with E-state index in [0.29, 0.717) is 6.54 Å². The predicted octanol–water partition coefficient (Wildman–Crippen LogP) is 4.72. The Hall–Kier alpha value is -1.94. The van der Waals surface area contributed by atoms with Crippen molar-refractivity contribution in [3.05, 3.63) is 63.2 Å². The molecule has 0 saturated carbocycles. The number of allylic oxidation sites excluding steroid dienone is 3. The van der Waals surface area contributed by atoms with E-state index < -0.39 is 0 Å². The lowest BCUT2D eigenvalue weighted by Gasteiger charge is -2.15. The molecule has 0 aromatic heterocycles. The zero-order chi connectivity index (χ0) is 16.5. The predicted molar refractivity (Wildman–Crippen MR) is 91.9 cm³/mol. The van der Waals surface area contributed by atoms with E-state index in [2.05, 4.69) is 37.8 Å². The first-order valence-corrected chi connectivity index (χ1v) is 7.60. The van der Waals surface area contributed by atoms with E-state index in [4.69, 9.17) is 0 Å². The first-order chi connectivity index (χ1) is 10.4. The van der Waals surface area contributed by atoms with Crippen LogP contribution >= 0.6 is 0 Å². The summed E-state index contributed by atoms with van der Waals surface area (Å²) in [7, 11) is 1.98. The molecule has 0 N–H and O–H groups in total. The molecule has 22 heavy (non-hydrogen) atoms. The highest BCUT2D eigenvalue weighted by molar-refractivity contribution is 5.39. The van der Waals surface area contributed by atoms with Crippen molar-refractivity contribution in [3.63, 3.8) is 0 Å². The van der Waals surface area contributed by atoms with E-state index >= 15 is 0 Å². The molecule has 0 saturated heterocycles. The first kappa shape index (κ1) is 18.1. The van der Waals surface area contributed by atoms with E-state index in [1.807, 2.05) is 19.2 Å². The van der Waals surface area contributed by atoms with Gasteiger partial charge in [-0.1, -0.05) is 41.5 Å². The van der Waals surface area contributed by atoms with Gasteiger partial charge >= 0.3 is 0 Å². The quantitative estimate of drug-likeness (QED) is 0.396. The van der Waals surface area contributed by atoms with Crippen LogP contribution in [0, 0.1) is 10.1 Å². The summed E-state index contributed by atoms with van der Waals surface area (Å²) in [5.41, 5.74) is 3.65. The smallest absolute Gasteiger partial charge is 0.273 e. The first-order valence-electron chi connectivity index (χ1n) is 7.60. The van der Waals surface area contributed by atoms with Crippen molar-refractivity contribution in [3.8, 4) is 0 Å². The molecular weight excluding hydrogens is 276 g/mol. The van der Waals surface area contributed by atoms with E-state index in [1.165, 1.54) is 11.1 Å². The van der Waals surface area contributed by atoms with Gasteiger partial charge in [0, 0.05) is 24.7 Å². The number of likely N-dealkylation sites (N-methyl/N-ethyl adjacent to an activating group) is 1. The molecule has 1 rings (SSSR count). The molecule has 0 unspecified atom stereocenters. The fourth-order valence-electron chi connectivity index (χ4n) is 2.18. The molecule has 0 spiro atoms. The molecule has 0 heterocycles. The minimum atomic E-state index is -0.316. The van der Waals surface area contributed by atoms with Crippen LogP contribution in [0.5, 0.6) is 0 Å². The average Bonchev–Trinajstić information content (AvgIpc) is 2.45. The monoisotopic (exact) mass is 302 g/mol. The third-order valence-corrected chi connectivity index (χ3v) is 3.47. The zero-order valence-corrected chi connectivity index (χ0v) is 14.0. The van der Waals surface area contributed by atoms with Crippen LogP contribution in [0.3, 0.4) is 0 Å². The Morgan fingerprint density at radius 3 is 2.55 bits per heavy atom. The van der Waals surface area contributed by atoms with Gasteiger partial charge in [-0.2, -0.15) is 0 Å². The minimum Gasteiger partial charge on any atom is -0.298 e. The largest absolute Gasteiger partial charge is 0.298 e. The molecule has 0 atom stereocenters. The summed E-state index contributed by atoms with van der Waals surface area (Å²) < 4.78 is 0. The Balaban J connectivity index is 2.54. The normalized spacial score (nSPS) is 11.6. The van der Waals surface area contributed by atoms with Gasteiger partial charge in [-0.25, -0.2) is 0 Å². The second-order valence-electron chi connectivity index (χ2n) is 5.95. The Kier molecular flexibility index (Phi) is 7.54. The number of hydrogen-bond donors (Lipinski definition) is 0. The molecule has 1 aromatic carbocycles. The SMILES string of the molecule is CC(C)=CCC/C(C)=C/CN(C)Cc1ccccc1[N+](=O)[O-]. The van der Waals surface area contributed by atoms with Gasteiger partial charge in [0.2, 0.25) is 0 Å². The van der Waals surface area contributed by atoms with Crippen molar-refractivity contribution in [2.75, 3.05) is 13.6 Å². The van der Waals surface area contributed by atoms with Crippen molar-refractivity contribution < 1.29 is 4.92 Å². The fraction of sp³-hybridized carbons (Fsp3) is 0.444. The molecule has 0 aliphatic rings. The topological polar surface area (TPSA) is 46.4 Å². The molecule has 4 nitrogen and oxygen atoms in total. The van der Waals surface area contributed by atoms with E-state index in [9.17, 15) is 10.1 Å². The molecule has 0 aliphatic carbocycles. The maximum absolute atomic E-state index is 11.0.